The van der Waals surface area contributed by atoms with Crippen LogP contribution in [0.1, 0.15) is 18.4 Å². The van der Waals surface area contributed by atoms with E-state index in [0.717, 1.165) is 31.5 Å². The zero-order valence-corrected chi connectivity index (χ0v) is 12.3. The Kier molecular flexibility index (Phi) is 5.51. The molecule has 0 amide bonds. The fraction of sp³-hybridized carbons (Fsp3) is 0.571. The predicted octanol–water partition coefficient (Wildman–Crippen LogP) is 1.29. The quantitative estimate of drug-likeness (QED) is 0.832. The first-order valence-corrected chi connectivity index (χ1v) is 8.63. The van der Waals surface area contributed by atoms with Crippen molar-refractivity contribution in [2.24, 2.45) is 5.92 Å². The van der Waals surface area contributed by atoms with Gasteiger partial charge in [0.1, 0.15) is 5.82 Å². The molecule has 1 aromatic carbocycles. The maximum Gasteiger partial charge on any atom is 0.211 e. The van der Waals surface area contributed by atoms with E-state index >= 15 is 0 Å². The number of nitrogens with one attached hydrogen (secondary N) is 2. The van der Waals surface area contributed by atoms with Gasteiger partial charge in [-0.05, 0) is 56.0 Å². The summed E-state index contributed by atoms with van der Waals surface area (Å²) in [4.78, 5) is 0. The van der Waals surface area contributed by atoms with E-state index in [4.69, 9.17) is 0 Å². The molecule has 6 heteroatoms. The lowest BCUT2D eigenvalue weighted by Crippen LogP contribution is -2.36. The van der Waals surface area contributed by atoms with E-state index in [9.17, 15) is 12.8 Å². The minimum Gasteiger partial charge on any atom is -0.317 e. The van der Waals surface area contributed by atoms with Gasteiger partial charge in [-0.3, -0.25) is 0 Å². The predicted molar refractivity (Wildman–Crippen MR) is 77.5 cm³/mol. The topological polar surface area (TPSA) is 58.2 Å². The summed E-state index contributed by atoms with van der Waals surface area (Å²) < 4.78 is 39.3. The van der Waals surface area contributed by atoms with Crippen LogP contribution < -0.4 is 10.0 Å². The molecule has 0 unspecified atom stereocenters. The van der Waals surface area contributed by atoms with E-state index in [0.29, 0.717) is 13.0 Å². The molecule has 1 heterocycles. The molecule has 0 aliphatic carbocycles. The lowest BCUT2D eigenvalue weighted by Gasteiger charge is -2.22. The standard InChI is InChI=1S/C14H21FN2O2S/c15-14-3-1-12(2-4-14)7-10-17-20(18,19)11-13-5-8-16-9-6-13/h1-4,13,16-17H,5-11H2. The van der Waals surface area contributed by atoms with Crippen molar-refractivity contribution in [1.82, 2.24) is 10.0 Å². The average Bonchev–Trinajstić information content (AvgIpc) is 2.41. The SMILES string of the molecule is O=S(=O)(CC1CCNCC1)NCCc1ccc(F)cc1. The fourth-order valence-corrected chi connectivity index (χ4v) is 3.90. The van der Waals surface area contributed by atoms with Crippen LogP contribution in [0.3, 0.4) is 0 Å². The van der Waals surface area contributed by atoms with Crippen molar-refractivity contribution < 1.29 is 12.8 Å². The molecule has 1 aliphatic heterocycles. The van der Waals surface area contributed by atoms with Crippen LogP contribution in [0.5, 0.6) is 0 Å². The number of benzene rings is 1. The van der Waals surface area contributed by atoms with Crippen molar-refractivity contribution in [2.75, 3.05) is 25.4 Å². The highest BCUT2D eigenvalue weighted by atomic mass is 32.2. The molecule has 4 nitrogen and oxygen atoms in total. The van der Waals surface area contributed by atoms with Crippen molar-refractivity contribution in [1.29, 1.82) is 0 Å². The zero-order valence-electron chi connectivity index (χ0n) is 11.4. The third-order valence-corrected chi connectivity index (χ3v) is 5.12. The molecule has 1 saturated heterocycles. The first-order valence-electron chi connectivity index (χ1n) is 6.98. The van der Waals surface area contributed by atoms with E-state index in [-0.39, 0.29) is 17.5 Å². The molecule has 0 saturated carbocycles. The molecule has 1 aliphatic rings. The number of hydrogen-bond donors (Lipinski definition) is 2. The second-order valence-electron chi connectivity index (χ2n) is 5.25. The number of halogens is 1. The molecule has 2 rings (SSSR count). The van der Waals surface area contributed by atoms with Crippen LogP contribution in [0.15, 0.2) is 24.3 Å². The summed E-state index contributed by atoms with van der Waals surface area (Å²) >= 11 is 0. The van der Waals surface area contributed by atoms with Gasteiger partial charge >= 0.3 is 0 Å². The molecule has 0 bridgehead atoms. The van der Waals surface area contributed by atoms with Crippen molar-refractivity contribution in [3.8, 4) is 0 Å². The smallest absolute Gasteiger partial charge is 0.211 e. The second kappa shape index (κ2) is 7.15. The highest BCUT2D eigenvalue weighted by Gasteiger charge is 2.20. The third-order valence-electron chi connectivity index (χ3n) is 3.56. The van der Waals surface area contributed by atoms with Crippen molar-refractivity contribution in [3.63, 3.8) is 0 Å². The molecule has 112 valence electrons. The molecule has 1 fully saturated rings. The fourth-order valence-electron chi connectivity index (χ4n) is 2.42. The van der Waals surface area contributed by atoms with Crippen molar-refractivity contribution >= 4 is 10.0 Å². The molecule has 0 aromatic heterocycles. The van der Waals surface area contributed by atoms with Gasteiger partial charge in [0, 0.05) is 6.54 Å². The van der Waals surface area contributed by atoms with E-state index in [1.807, 2.05) is 0 Å². The van der Waals surface area contributed by atoms with Gasteiger partial charge in [-0.25, -0.2) is 17.5 Å². The van der Waals surface area contributed by atoms with Crippen LogP contribution in [-0.4, -0.2) is 33.8 Å². The number of piperidine rings is 1. The normalized spacial score (nSPS) is 17.2. The number of rotatable bonds is 6. The summed E-state index contributed by atoms with van der Waals surface area (Å²) in [6.45, 7) is 2.16. The lowest BCUT2D eigenvalue weighted by molar-refractivity contribution is 0.400. The summed E-state index contributed by atoms with van der Waals surface area (Å²) in [7, 11) is -3.21. The van der Waals surface area contributed by atoms with Gasteiger partial charge in [-0.15, -0.1) is 0 Å². The molecule has 20 heavy (non-hydrogen) atoms. The highest BCUT2D eigenvalue weighted by molar-refractivity contribution is 7.89. The highest BCUT2D eigenvalue weighted by Crippen LogP contribution is 2.13. The van der Waals surface area contributed by atoms with Crippen LogP contribution in [-0.2, 0) is 16.4 Å². The Morgan fingerprint density at radius 1 is 1.20 bits per heavy atom. The first kappa shape index (κ1) is 15.4. The Balaban J connectivity index is 1.75. The van der Waals surface area contributed by atoms with Gasteiger partial charge in [-0.2, -0.15) is 0 Å². The number of sulfonamides is 1. The second-order valence-corrected chi connectivity index (χ2v) is 7.10. The van der Waals surface area contributed by atoms with E-state index in [2.05, 4.69) is 10.0 Å². The largest absolute Gasteiger partial charge is 0.317 e. The van der Waals surface area contributed by atoms with Crippen LogP contribution >= 0.6 is 0 Å². The third kappa shape index (κ3) is 5.19. The Bertz CT molecular complexity index is 510. The van der Waals surface area contributed by atoms with Crippen LogP contribution in [0, 0.1) is 11.7 Å². The van der Waals surface area contributed by atoms with Gasteiger partial charge in [0.2, 0.25) is 10.0 Å². The minimum absolute atomic E-state index is 0.206. The van der Waals surface area contributed by atoms with E-state index in [1.165, 1.54) is 12.1 Å². The van der Waals surface area contributed by atoms with Crippen molar-refractivity contribution in [3.05, 3.63) is 35.6 Å². The Labute approximate surface area is 119 Å². The average molecular weight is 300 g/mol. The summed E-state index contributed by atoms with van der Waals surface area (Å²) in [5.74, 6) is 0.178. The molecular weight excluding hydrogens is 279 g/mol. The van der Waals surface area contributed by atoms with Gasteiger partial charge in [-0.1, -0.05) is 12.1 Å². The van der Waals surface area contributed by atoms with E-state index in [1.54, 1.807) is 12.1 Å². The van der Waals surface area contributed by atoms with Gasteiger partial charge in [0.05, 0.1) is 5.75 Å². The minimum atomic E-state index is -3.21. The number of hydrogen-bond acceptors (Lipinski definition) is 3. The van der Waals surface area contributed by atoms with E-state index < -0.39 is 10.0 Å². The Morgan fingerprint density at radius 2 is 1.85 bits per heavy atom. The lowest BCUT2D eigenvalue weighted by atomic mass is 10.0. The van der Waals surface area contributed by atoms with Gasteiger partial charge in [0.25, 0.3) is 0 Å². The molecule has 0 atom stereocenters. The van der Waals surface area contributed by atoms with Crippen LogP contribution in [0.4, 0.5) is 4.39 Å². The summed E-state index contributed by atoms with van der Waals surface area (Å²) in [5, 5.41) is 3.22. The Hall–Kier alpha value is -0.980. The summed E-state index contributed by atoms with van der Waals surface area (Å²) in [6.07, 6.45) is 2.41. The monoisotopic (exact) mass is 300 g/mol. The molecule has 0 spiro atoms. The van der Waals surface area contributed by atoms with Gasteiger partial charge < -0.3 is 5.32 Å². The van der Waals surface area contributed by atoms with Crippen molar-refractivity contribution in [2.45, 2.75) is 19.3 Å². The van der Waals surface area contributed by atoms with Crippen LogP contribution in [0.25, 0.3) is 0 Å². The maximum absolute atomic E-state index is 12.7. The summed E-state index contributed by atoms with van der Waals surface area (Å²) in [5.41, 5.74) is 0.927. The van der Waals surface area contributed by atoms with Gasteiger partial charge in [0.15, 0.2) is 0 Å². The molecule has 0 radical (unpaired) electrons. The first-order chi connectivity index (χ1) is 9.55. The summed E-state index contributed by atoms with van der Waals surface area (Å²) in [6, 6.07) is 6.13. The molecule has 2 N–H and O–H groups in total. The van der Waals surface area contributed by atoms with Crippen LogP contribution in [0.2, 0.25) is 0 Å². The molecular formula is C14H21FN2O2S. The molecule has 1 aromatic rings. The Morgan fingerprint density at radius 3 is 2.50 bits per heavy atom. The maximum atomic E-state index is 12.7. The zero-order chi connectivity index (χ0) is 14.4.